The topological polar surface area (TPSA) is 15.3 Å². The number of rotatable bonds is 5. The fraction of sp³-hybridized carbons (Fsp3) is 0.600. The van der Waals surface area contributed by atoms with Crippen LogP contribution in [0.5, 0.6) is 0 Å². The smallest absolute Gasteiger partial charge is 0.128 e. The van der Waals surface area contributed by atoms with Crippen LogP contribution in [0.2, 0.25) is 0 Å². The fourth-order valence-corrected chi connectivity index (χ4v) is 2.73. The molecule has 1 aromatic carbocycles. The van der Waals surface area contributed by atoms with Crippen molar-refractivity contribution in [3.8, 4) is 0 Å². The lowest BCUT2D eigenvalue weighted by atomic mass is 10.1. The van der Waals surface area contributed by atoms with Crippen LogP contribution in [0.4, 0.5) is 4.39 Å². The summed E-state index contributed by atoms with van der Waals surface area (Å²) in [4.78, 5) is 2.43. The molecule has 2 rings (SSSR count). The second-order valence-corrected chi connectivity index (χ2v) is 5.29. The summed E-state index contributed by atoms with van der Waals surface area (Å²) >= 11 is 0. The van der Waals surface area contributed by atoms with E-state index in [1.807, 2.05) is 12.1 Å². The minimum atomic E-state index is -0.101. The van der Waals surface area contributed by atoms with Crippen molar-refractivity contribution in [2.75, 3.05) is 26.2 Å². The first-order chi connectivity index (χ1) is 8.70. The van der Waals surface area contributed by atoms with Gasteiger partial charge in [-0.3, -0.25) is 0 Å². The van der Waals surface area contributed by atoms with E-state index in [-0.39, 0.29) is 11.9 Å². The summed E-state index contributed by atoms with van der Waals surface area (Å²) in [6.45, 7) is 8.39. The predicted octanol–water partition coefficient (Wildman–Crippen LogP) is 2.82. The van der Waals surface area contributed by atoms with Crippen LogP contribution in [0.3, 0.4) is 0 Å². The van der Waals surface area contributed by atoms with E-state index in [0.29, 0.717) is 0 Å². The Morgan fingerprint density at radius 2 is 2.22 bits per heavy atom. The molecular weight excluding hydrogens is 227 g/mol. The number of hydrogen-bond acceptors (Lipinski definition) is 2. The zero-order chi connectivity index (χ0) is 13.0. The largest absolute Gasteiger partial charge is 0.309 e. The van der Waals surface area contributed by atoms with E-state index in [9.17, 15) is 4.39 Å². The van der Waals surface area contributed by atoms with Crippen LogP contribution in [0, 0.1) is 11.7 Å². The molecule has 1 N–H and O–H groups in total. The molecule has 1 heterocycles. The molecule has 2 nitrogen and oxygen atoms in total. The van der Waals surface area contributed by atoms with E-state index < -0.39 is 0 Å². The van der Waals surface area contributed by atoms with Crippen LogP contribution >= 0.6 is 0 Å². The van der Waals surface area contributed by atoms with Gasteiger partial charge in [0.1, 0.15) is 5.82 Å². The predicted molar refractivity (Wildman–Crippen MR) is 73.0 cm³/mol. The summed E-state index contributed by atoms with van der Waals surface area (Å²) in [5, 5.41) is 3.40. The first-order valence-electron chi connectivity index (χ1n) is 6.91. The summed E-state index contributed by atoms with van der Waals surface area (Å²) in [7, 11) is 0. The summed E-state index contributed by atoms with van der Waals surface area (Å²) in [5.74, 6) is 0.670. The molecule has 100 valence electrons. The Bertz CT molecular complexity index is 381. The van der Waals surface area contributed by atoms with Crippen molar-refractivity contribution >= 4 is 0 Å². The Morgan fingerprint density at radius 1 is 1.44 bits per heavy atom. The van der Waals surface area contributed by atoms with E-state index in [1.54, 1.807) is 12.1 Å². The van der Waals surface area contributed by atoms with Gasteiger partial charge in [0.05, 0.1) is 0 Å². The quantitative estimate of drug-likeness (QED) is 0.864. The molecule has 1 fully saturated rings. The van der Waals surface area contributed by atoms with Gasteiger partial charge >= 0.3 is 0 Å². The minimum absolute atomic E-state index is 0.0986. The number of likely N-dealkylation sites (N-methyl/N-ethyl adjacent to an activating group) is 1. The van der Waals surface area contributed by atoms with Crippen molar-refractivity contribution in [2.45, 2.75) is 26.3 Å². The first kappa shape index (κ1) is 13.5. The van der Waals surface area contributed by atoms with Crippen molar-refractivity contribution in [2.24, 2.45) is 5.92 Å². The summed E-state index contributed by atoms with van der Waals surface area (Å²) in [6.07, 6.45) is 1.26. The Balaban J connectivity index is 2.06. The molecule has 0 aliphatic carbocycles. The molecule has 0 amide bonds. The molecule has 18 heavy (non-hydrogen) atoms. The highest BCUT2D eigenvalue weighted by atomic mass is 19.1. The minimum Gasteiger partial charge on any atom is -0.309 e. The number of nitrogens with zero attached hydrogens (tertiary/aromatic N) is 1. The fourth-order valence-electron chi connectivity index (χ4n) is 2.73. The van der Waals surface area contributed by atoms with Crippen LogP contribution in [0.25, 0.3) is 0 Å². The molecule has 0 aromatic heterocycles. The van der Waals surface area contributed by atoms with Gasteiger partial charge in [-0.2, -0.15) is 0 Å². The third kappa shape index (κ3) is 3.30. The van der Waals surface area contributed by atoms with Crippen molar-refractivity contribution in [3.05, 3.63) is 35.6 Å². The van der Waals surface area contributed by atoms with Gasteiger partial charge in [0.25, 0.3) is 0 Å². The molecule has 0 saturated carbocycles. The molecule has 3 heteroatoms. The molecule has 0 bridgehead atoms. The average Bonchev–Trinajstić information content (AvgIpc) is 2.75. The van der Waals surface area contributed by atoms with Gasteiger partial charge in [-0.05, 0) is 31.5 Å². The number of benzene rings is 1. The molecule has 1 saturated heterocycles. The van der Waals surface area contributed by atoms with E-state index in [2.05, 4.69) is 24.1 Å². The highest BCUT2D eigenvalue weighted by Gasteiger charge is 2.23. The number of halogens is 1. The molecular formula is C15H23FN2. The standard InChI is InChI=1S/C15H23FN2/c1-3-17-15(11-18-9-8-12(2)10-18)13-6-4-5-7-14(13)16/h4-7,12,15,17H,3,8-11H2,1-2H3. The molecule has 1 aliphatic heterocycles. The maximum atomic E-state index is 13.9. The third-order valence-electron chi connectivity index (χ3n) is 3.68. The molecule has 1 aliphatic rings. The lowest BCUT2D eigenvalue weighted by Gasteiger charge is -2.25. The number of nitrogens with one attached hydrogen (secondary N) is 1. The molecule has 1 aromatic rings. The van der Waals surface area contributed by atoms with Crippen molar-refractivity contribution in [1.82, 2.24) is 10.2 Å². The summed E-state index contributed by atoms with van der Waals surface area (Å²) in [5.41, 5.74) is 0.791. The number of hydrogen-bond donors (Lipinski definition) is 1. The normalized spacial score (nSPS) is 22.3. The van der Waals surface area contributed by atoms with Gasteiger partial charge < -0.3 is 10.2 Å². The summed E-state index contributed by atoms with van der Waals surface area (Å²) in [6, 6.07) is 7.20. The lowest BCUT2D eigenvalue weighted by Crippen LogP contribution is -2.34. The Hall–Kier alpha value is -0.930. The van der Waals surface area contributed by atoms with E-state index >= 15 is 0 Å². The van der Waals surface area contributed by atoms with E-state index in [1.165, 1.54) is 6.42 Å². The molecule has 0 spiro atoms. The molecule has 0 radical (unpaired) electrons. The second-order valence-electron chi connectivity index (χ2n) is 5.29. The average molecular weight is 250 g/mol. The van der Waals surface area contributed by atoms with Crippen LogP contribution in [-0.2, 0) is 0 Å². The first-order valence-corrected chi connectivity index (χ1v) is 6.91. The Morgan fingerprint density at radius 3 is 2.83 bits per heavy atom. The van der Waals surface area contributed by atoms with E-state index in [0.717, 1.165) is 37.7 Å². The second kappa shape index (κ2) is 6.30. The van der Waals surface area contributed by atoms with Crippen LogP contribution in [0.1, 0.15) is 31.9 Å². The van der Waals surface area contributed by atoms with Crippen molar-refractivity contribution in [1.29, 1.82) is 0 Å². The lowest BCUT2D eigenvalue weighted by molar-refractivity contribution is 0.283. The summed E-state index contributed by atoms with van der Waals surface area (Å²) < 4.78 is 13.9. The zero-order valence-corrected chi connectivity index (χ0v) is 11.3. The maximum absolute atomic E-state index is 13.9. The third-order valence-corrected chi connectivity index (χ3v) is 3.68. The highest BCUT2D eigenvalue weighted by Crippen LogP contribution is 2.22. The van der Waals surface area contributed by atoms with Gasteiger partial charge in [-0.15, -0.1) is 0 Å². The van der Waals surface area contributed by atoms with Gasteiger partial charge in [-0.25, -0.2) is 4.39 Å². The van der Waals surface area contributed by atoms with Crippen molar-refractivity contribution in [3.63, 3.8) is 0 Å². The van der Waals surface area contributed by atoms with Gasteiger partial charge in [0.15, 0.2) is 0 Å². The van der Waals surface area contributed by atoms with E-state index in [4.69, 9.17) is 0 Å². The Labute approximate surface area is 109 Å². The van der Waals surface area contributed by atoms with Crippen LogP contribution in [-0.4, -0.2) is 31.1 Å². The Kier molecular flexibility index (Phi) is 4.72. The zero-order valence-electron chi connectivity index (χ0n) is 11.3. The van der Waals surface area contributed by atoms with Gasteiger partial charge in [-0.1, -0.05) is 32.0 Å². The SMILES string of the molecule is CCNC(CN1CCC(C)C1)c1ccccc1F. The van der Waals surface area contributed by atoms with Crippen molar-refractivity contribution < 1.29 is 4.39 Å². The molecule has 2 unspecified atom stereocenters. The van der Waals surface area contributed by atoms with Gasteiger partial charge in [0, 0.05) is 24.7 Å². The monoisotopic (exact) mass is 250 g/mol. The van der Waals surface area contributed by atoms with Crippen LogP contribution in [0.15, 0.2) is 24.3 Å². The van der Waals surface area contributed by atoms with Crippen LogP contribution < -0.4 is 5.32 Å². The van der Waals surface area contributed by atoms with Gasteiger partial charge in [0.2, 0.25) is 0 Å². The highest BCUT2D eigenvalue weighted by molar-refractivity contribution is 5.21. The molecule has 2 atom stereocenters. The number of likely N-dealkylation sites (tertiary alicyclic amines) is 1. The maximum Gasteiger partial charge on any atom is 0.128 e.